The molecular formula is C16H27N3. The van der Waals surface area contributed by atoms with Crippen LogP contribution in [0.25, 0.3) is 0 Å². The summed E-state index contributed by atoms with van der Waals surface area (Å²) in [5.74, 6) is 0.926. The summed E-state index contributed by atoms with van der Waals surface area (Å²) in [7, 11) is 0. The molecular weight excluding hydrogens is 234 g/mol. The van der Waals surface area contributed by atoms with E-state index in [1.807, 2.05) is 18.2 Å². The number of nitrogens with two attached hydrogens (primary N) is 1. The monoisotopic (exact) mass is 261 g/mol. The third-order valence-electron chi connectivity index (χ3n) is 4.07. The van der Waals surface area contributed by atoms with Crippen molar-refractivity contribution in [2.75, 3.05) is 31.9 Å². The zero-order valence-electron chi connectivity index (χ0n) is 12.1. The number of anilines is 1. The topological polar surface area (TPSA) is 41.3 Å². The lowest BCUT2D eigenvalue weighted by molar-refractivity contribution is 0.190. The lowest BCUT2D eigenvalue weighted by Gasteiger charge is -2.30. The standard InChI is InChI=1S/C16H27N3/c1-14-7-11-19(12-8-14)10-4-9-18-13-15-5-2-3-6-16(15)17/h2-3,5-6,14,18H,4,7-13,17H2,1H3. The zero-order valence-corrected chi connectivity index (χ0v) is 12.1. The van der Waals surface area contributed by atoms with Crippen LogP contribution in [-0.4, -0.2) is 31.1 Å². The molecule has 2 rings (SSSR count). The molecule has 0 amide bonds. The SMILES string of the molecule is CC1CCN(CCCNCc2ccccc2N)CC1. The Balaban J connectivity index is 1.56. The fourth-order valence-corrected chi connectivity index (χ4v) is 2.63. The maximum absolute atomic E-state index is 5.92. The van der Waals surface area contributed by atoms with Crippen molar-refractivity contribution in [2.45, 2.75) is 32.7 Å². The Morgan fingerprint density at radius 1 is 1.26 bits per heavy atom. The fraction of sp³-hybridized carbons (Fsp3) is 0.625. The van der Waals surface area contributed by atoms with Crippen LogP contribution in [-0.2, 0) is 6.54 Å². The van der Waals surface area contributed by atoms with E-state index in [4.69, 9.17) is 5.73 Å². The summed E-state index contributed by atoms with van der Waals surface area (Å²) in [5.41, 5.74) is 8.01. The molecule has 3 nitrogen and oxygen atoms in total. The first-order chi connectivity index (χ1) is 9.25. The highest BCUT2D eigenvalue weighted by atomic mass is 15.1. The Morgan fingerprint density at radius 3 is 2.74 bits per heavy atom. The van der Waals surface area contributed by atoms with E-state index in [1.54, 1.807) is 0 Å². The number of benzene rings is 1. The molecule has 0 spiro atoms. The van der Waals surface area contributed by atoms with E-state index < -0.39 is 0 Å². The van der Waals surface area contributed by atoms with Gasteiger partial charge in [-0.15, -0.1) is 0 Å². The maximum Gasteiger partial charge on any atom is 0.0359 e. The molecule has 0 unspecified atom stereocenters. The Kier molecular flexibility index (Phi) is 5.67. The number of nitrogens with zero attached hydrogens (tertiary/aromatic N) is 1. The largest absolute Gasteiger partial charge is 0.398 e. The molecule has 19 heavy (non-hydrogen) atoms. The first-order valence-corrected chi connectivity index (χ1v) is 7.52. The normalized spacial score (nSPS) is 17.7. The Morgan fingerprint density at radius 2 is 2.00 bits per heavy atom. The van der Waals surface area contributed by atoms with Crippen LogP contribution >= 0.6 is 0 Å². The molecule has 1 aromatic rings. The number of nitrogen functional groups attached to an aromatic ring is 1. The van der Waals surface area contributed by atoms with Crippen LogP contribution in [0.15, 0.2) is 24.3 Å². The highest BCUT2D eigenvalue weighted by Gasteiger charge is 2.14. The average molecular weight is 261 g/mol. The molecule has 0 aliphatic carbocycles. The minimum absolute atomic E-state index is 0.879. The molecule has 3 heteroatoms. The van der Waals surface area contributed by atoms with E-state index in [-0.39, 0.29) is 0 Å². The van der Waals surface area contributed by atoms with Crippen molar-refractivity contribution in [3.05, 3.63) is 29.8 Å². The molecule has 0 aromatic heterocycles. The van der Waals surface area contributed by atoms with E-state index in [0.717, 1.165) is 24.7 Å². The molecule has 1 fully saturated rings. The van der Waals surface area contributed by atoms with E-state index in [1.165, 1.54) is 44.5 Å². The van der Waals surface area contributed by atoms with Gasteiger partial charge in [0, 0.05) is 12.2 Å². The molecule has 106 valence electrons. The number of para-hydroxylation sites is 1. The van der Waals surface area contributed by atoms with Gasteiger partial charge in [0.05, 0.1) is 0 Å². The highest BCUT2D eigenvalue weighted by molar-refractivity contribution is 5.46. The van der Waals surface area contributed by atoms with Gasteiger partial charge in [0.25, 0.3) is 0 Å². The zero-order chi connectivity index (χ0) is 13.5. The average Bonchev–Trinajstić information content (AvgIpc) is 2.42. The molecule has 0 radical (unpaired) electrons. The van der Waals surface area contributed by atoms with Gasteiger partial charge in [-0.25, -0.2) is 0 Å². The molecule has 0 atom stereocenters. The van der Waals surface area contributed by atoms with E-state index >= 15 is 0 Å². The number of likely N-dealkylation sites (tertiary alicyclic amines) is 1. The van der Waals surface area contributed by atoms with Crippen LogP contribution in [0.1, 0.15) is 31.7 Å². The van der Waals surface area contributed by atoms with Crippen LogP contribution in [0.2, 0.25) is 0 Å². The van der Waals surface area contributed by atoms with Gasteiger partial charge in [0.15, 0.2) is 0 Å². The molecule has 0 bridgehead atoms. The summed E-state index contributed by atoms with van der Waals surface area (Å²) in [4.78, 5) is 2.60. The predicted molar refractivity (Wildman–Crippen MR) is 82.0 cm³/mol. The second kappa shape index (κ2) is 7.51. The van der Waals surface area contributed by atoms with Gasteiger partial charge in [-0.1, -0.05) is 25.1 Å². The second-order valence-electron chi connectivity index (χ2n) is 5.75. The van der Waals surface area contributed by atoms with Gasteiger partial charge in [0.2, 0.25) is 0 Å². The fourth-order valence-electron chi connectivity index (χ4n) is 2.63. The predicted octanol–water partition coefficient (Wildman–Crippen LogP) is 2.48. The molecule has 1 aromatic carbocycles. The molecule has 1 saturated heterocycles. The van der Waals surface area contributed by atoms with Crippen LogP contribution in [0, 0.1) is 5.92 Å². The van der Waals surface area contributed by atoms with Gasteiger partial charge in [0.1, 0.15) is 0 Å². The third kappa shape index (κ3) is 4.84. The lowest BCUT2D eigenvalue weighted by Crippen LogP contribution is -2.34. The third-order valence-corrected chi connectivity index (χ3v) is 4.07. The van der Waals surface area contributed by atoms with Crippen LogP contribution < -0.4 is 11.1 Å². The minimum Gasteiger partial charge on any atom is -0.398 e. The molecule has 1 aliphatic rings. The van der Waals surface area contributed by atoms with E-state index in [0.29, 0.717) is 0 Å². The van der Waals surface area contributed by atoms with Gasteiger partial charge in [-0.2, -0.15) is 0 Å². The van der Waals surface area contributed by atoms with Gasteiger partial charge < -0.3 is 16.0 Å². The van der Waals surface area contributed by atoms with Crippen LogP contribution in [0.5, 0.6) is 0 Å². The van der Waals surface area contributed by atoms with Gasteiger partial charge in [-0.05, 0) is 63.0 Å². The molecule has 3 N–H and O–H groups in total. The molecule has 1 heterocycles. The number of piperidine rings is 1. The van der Waals surface area contributed by atoms with Crippen molar-refractivity contribution in [3.63, 3.8) is 0 Å². The summed E-state index contributed by atoms with van der Waals surface area (Å²) in [5, 5.41) is 3.48. The summed E-state index contributed by atoms with van der Waals surface area (Å²) in [6, 6.07) is 8.08. The highest BCUT2D eigenvalue weighted by Crippen LogP contribution is 2.15. The van der Waals surface area contributed by atoms with Crippen molar-refractivity contribution in [1.82, 2.24) is 10.2 Å². The minimum atomic E-state index is 0.879. The van der Waals surface area contributed by atoms with Crippen molar-refractivity contribution < 1.29 is 0 Å². The Labute approximate surface area is 117 Å². The van der Waals surface area contributed by atoms with Gasteiger partial charge in [-0.3, -0.25) is 0 Å². The summed E-state index contributed by atoms with van der Waals surface area (Å²) in [6.45, 7) is 8.11. The number of nitrogens with one attached hydrogen (secondary N) is 1. The smallest absolute Gasteiger partial charge is 0.0359 e. The Hall–Kier alpha value is -1.06. The summed E-state index contributed by atoms with van der Waals surface area (Å²) >= 11 is 0. The van der Waals surface area contributed by atoms with E-state index in [9.17, 15) is 0 Å². The maximum atomic E-state index is 5.92. The van der Waals surface area contributed by atoms with Gasteiger partial charge >= 0.3 is 0 Å². The number of rotatable bonds is 6. The summed E-state index contributed by atoms with van der Waals surface area (Å²) < 4.78 is 0. The first-order valence-electron chi connectivity index (χ1n) is 7.52. The molecule has 1 aliphatic heterocycles. The Bertz CT molecular complexity index is 370. The van der Waals surface area contributed by atoms with Crippen LogP contribution in [0.3, 0.4) is 0 Å². The van der Waals surface area contributed by atoms with Crippen molar-refractivity contribution in [3.8, 4) is 0 Å². The van der Waals surface area contributed by atoms with E-state index in [2.05, 4.69) is 23.2 Å². The number of hydrogen-bond acceptors (Lipinski definition) is 3. The van der Waals surface area contributed by atoms with Crippen molar-refractivity contribution in [2.24, 2.45) is 5.92 Å². The van der Waals surface area contributed by atoms with Crippen molar-refractivity contribution >= 4 is 5.69 Å². The lowest BCUT2D eigenvalue weighted by atomic mass is 9.99. The second-order valence-corrected chi connectivity index (χ2v) is 5.75. The van der Waals surface area contributed by atoms with Crippen LogP contribution in [0.4, 0.5) is 5.69 Å². The summed E-state index contributed by atoms with van der Waals surface area (Å²) in [6.07, 6.45) is 3.96. The quantitative estimate of drug-likeness (QED) is 0.610. The van der Waals surface area contributed by atoms with Crippen molar-refractivity contribution in [1.29, 1.82) is 0 Å². The first kappa shape index (κ1) is 14.4. The molecule has 0 saturated carbocycles. The number of hydrogen-bond donors (Lipinski definition) is 2.